The van der Waals surface area contributed by atoms with Crippen LogP contribution in [0, 0.1) is 5.82 Å². The van der Waals surface area contributed by atoms with Gasteiger partial charge in [0, 0.05) is 11.3 Å². The van der Waals surface area contributed by atoms with Crippen LogP contribution in [0.5, 0.6) is 5.75 Å². The highest BCUT2D eigenvalue weighted by molar-refractivity contribution is 6.07. The number of carbonyl (C=O) groups is 1. The maximum absolute atomic E-state index is 13.1. The van der Waals surface area contributed by atoms with Gasteiger partial charge in [-0.25, -0.2) is 4.39 Å². The first-order chi connectivity index (χ1) is 10.0. The van der Waals surface area contributed by atoms with Crippen molar-refractivity contribution in [2.75, 3.05) is 5.32 Å². The molecular formula is C15H13FN2O3. The maximum atomic E-state index is 13.1. The lowest BCUT2D eigenvalue weighted by Gasteiger charge is -2.08. The topological polar surface area (TPSA) is 81.9 Å². The number of oxime groups is 1. The SMILES string of the molecule is C/C(=N/O)c1cccc(NC(=O)c2cc(F)ccc2O)c1. The third-order valence-electron chi connectivity index (χ3n) is 2.89. The van der Waals surface area contributed by atoms with Gasteiger partial charge in [0.15, 0.2) is 0 Å². The third kappa shape index (κ3) is 3.36. The summed E-state index contributed by atoms with van der Waals surface area (Å²) in [4.78, 5) is 12.0. The summed E-state index contributed by atoms with van der Waals surface area (Å²) in [7, 11) is 0. The second kappa shape index (κ2) is 6.04. The van der Waals surface area contributed by atoms with Crippen LogP contribution in [0.15, 0.2) is 47.6 Å². The van der Waals surface area contributed by atoms with E-state index in [0.717, 1.165) is 18.2 Å². The van der Waals surface area contributed by atoms with Crippen LogP contribution in [0.25, 0.3) is 0 Å². The molecule has 0 radical (unpaired) electrons. The number of carbonyl (C=O) groups excluding carboxylic acids is 1. The average Bonchev–Trinajstić information content (AvgIpc) is 2.49. The number of nitrogens with zero attached hydrogens (tertiary/aromatic N) is 1. The van der Waals surface area contributed by atoms with Crippen LogP contribution in [-0.4, -0.2) is 21.9 Å². The molecule has 0 saturated heterocycles. The molecular weight excluding hydrogens is 275 g/mol. The first kappa shape index (κ1) is 14.5. The van der Waals surface area contributed by atoms with E-state index in [2.05, 4.69) is 10.5 Å². The largest absolute Gasteiger partial charge is 0.507 e. The Morgan fingerprint density at radius 2 is 2.00 bits per heavy atom. The minimum atomic E-state index is -0.636. The number of amides is 1. The molecule has 2 aromatic rings. The number of hydrogen-bond donors (Lipinski definition) is 3. The Bertz CT molecular complexity index is 714. The van der Waals surface area contributed by atoms with E-state index in [1.165, 1.54) is 0 Å². The molecule has 0 aliphatic carbocycles. The highest BCUT2D eigenvalue weighted by atomic mass is 19.1. The smallest absolute Gasteiger partial charge is 0.259 e. The summed E-state index contributed by atoms with van der Waals surface area (Å²) in [5, 5.41) is 23.9. The Labute approximate surface area is 120 Å². The summed E-state index contributed by atoms with van der Waals surface area (Å²) in [6, 6.07) is 9.74. The number of nitrogens with one attached hydrogen (secondary N) is 1. The number of benzene rings is 2. The van der Waals surface area contributed by atoms with Crippen LogP contribution in [-0.2, 0) is 0 Å². The minimum Gasteiger partial charge on any atom is -0.507 e. The van der Waals surface area contributed by atoms with E-state index < -0.39 is 11.7 Å². The zero-order chi connectivity index (χ0) is 15.4. The van der Waals surface area contributed by atoms with Gasteiger partial charge in [0.25, 0.3) is 5.91 Å². The van der Waals surface area contributed by atoms with E-state index in [4.69, 9.17) is 5.21 Å². The molecule has 0 fully saturated rings. The molecule has 0 heterocycles. The summed E-state index contributed by atoms with van der Waals surface area (Å²) in [5.74, 6) is -1.56. The molecule has 5 nitrogen and oxygen atoms in total. The summed E-state index contributed by atoms with van der Waals surface area (Å²) in [6.07, 6.45) is 0. The maximum Gasteiger partial charge on any atom is 0.259 e. The van der Waals surface area contributed by atoms with E-state index in [0.29, 0.717) is 17.0 Å². The van der Waals surface area contributed by atoms with Crippen molar-refractivity contribution in [2.45, 2.75) is 6.92 Å². The monoisotopic (exact) mass is 288 g/mol. The molecule has 1 amide bonds. The lowest BCUT2D eigenvalue weighted by atomic mass is 10.1. The van der Waals surface area contributed by atoms with Crippen molar-refractivity contribution in [3.8, 4) is 5.75 Å². The van der Waals surface area contributed by atoms with Crippen molar-refractivity contribution in [2.24, 2.45) is 5.16 Å². The summed E-state index contributed by atoms with van der Waals surface area (Å²) in [6.45, 7) is 1.61. The Hall–Kier alpha value is -2.89. The molecule has 0 bridgehead atoms. The quantitative estimate of drug-likeness (QED) is 0.461. The summed E-state index contributed by atoms with van der Waals surface area (Å²) >= 11 is 0. The van der Waals surface area contributed by atoms with Gasteiger partial charge >= 0.3 is 0 Å². The van der Waals surface area contributed by atoms with Gasteiger partial charge in [-0.2, -0.15) is 0 Å². The lowest BCUT2D eigenvalue weighted by Crippen LogP contribution is -2.12. The van der Waals surface area contributed by atoms with Gasteiger partial charge in [-0.3, -0.25) is 4.79 Å². The van der Waals surface area contributed by atoms with Gasteiger partial charge in [-0.15, -0.1) is 0 Å². The Kier molecular flexibility index (Phi) is 4.18. The van der Waals surface area contributed by atoms with Gasteiger partial charge in [0.2, 0.25) is 0 Å². The third-order valence-corrected chi connectivity index (χ3v) is 2.89. The fourth-order valence-corrected chi connectivity index (χ4v) is 1.77. The highest BCUT2D eigenvalue weighted by Crippen LogP contribution is 2.20. The van der Waals surface area contributed by atoms with Crippen molar-refractivity contribution in [1.29, 1.82) is 0 Å². The van der Waals surface area contributed by atoms with E-state index in [1.54, 1.807) is 31.2 Å². The molecule has 0 aliphatic heterocycles. The van der Waals surface area contributed by atoms with Crippen molar-refractivity contribution in [3.05, 3.63) is 59.4 Å². The molecule has 2 aromatic carbocycles. The van der Waals surface area contributed by atoms with Crippen LogP contribution < -0.4 is 5.32 Å². The van der Waals surface area contributed by atoms with Gasteiger partial charge in [-0.05, 0) is 37.3 Å². The normalized spacial score (nSPS) is 11.2. The highest BCUT2D eigenvalue weighted by Gasteiger charge is 2.13. The van der Waals surface area contributed by atoms with Crippen LogP contribution in [0.3, 0.4) is 0 Å². The second-order valence-electron chi connectivity index (χ2n) is 4.38. The fourth-order valence-electron chi connectivity index (χ4n) is 1.77. The van der Waals surface area contributed by atoms with Gasteiger partial charge in [0.1, 0.15) is 11.6 Å². The van der Waals surface area contributed by atoms with Gasteiger partial charge in [-0.1, -0.05) is 17.3 Å². The van der Waals surface area contributed by atoms with Gasteiger partial charge < -0.3 is 15.6 Å². The molecule has 3 N–H and O–H groups in total. The molecule has 0 aromatic heterocycles. The Morgan fingerprint density at radius 1 is 1.24 bits per heavy atom. The summed E-state index contributed by atoms with van der Waals surface area (Å²) < 4.78 is 13.1. The first-order valence-corrected chi connectivity index (χ1v) is 6.10. The van der Waals surface area contributed by atoms with Crippen molar-refractivity contribution in [1.82, 2.24) is 0 Å². The molecule has 6 heteroatoms. The van der Waals surface area contributed by atoms with E-state index in [9.17, 15) is 14.3 Å². The average molecular weight is 288 g/mol. The predicted octanol–water partition coefficient (Wildman–Crippen LogP) is 2.98. The molecule has 0 unspecified atom stereocenters. The predicted molar refractivity (Wildman–Crippen MR) is 76.5 cm³/mol. The Morgan fingerprint density at radius 3 is 2.71 bits per heavy atom. The molecule has 0 aliphatic rings. The van der Waals surface area contributed by atoms with Crippen LogP contribution in [0.1, 0.15) is 22.8 Å². The van der Waals surface area contributed by atoms with Crippen molar-refractivity contribution in [3.63, 3.8) is 0 Å². The zero-order valence-electron chi connectivity index (χ0n) is 11.2. The molecule has 21 heavy (non-hydrogen) atoms. The number of phenols is 1. The molecule has 0 spiro atoms. The standard InChI is InChI=1S/C15H13FN2O3/c1-9(18-21)10-3-2-4-12(7-10)17-15(20)13-8-11(16)5-6-14(13)19/h2-8,19,21H,1H3,(H,17,20)/b18-9-. The molecule has 0 saturated carbocycles. The van der Waals surface area contributed by atoms with Crippen LogP contribution in [0.2, 0.25) is 0 Å². The first-order valence-electron chi connectivity index (χ1n) is 6.10. The van der Waals surface area contributed by atoms with Crippen LogP contribution >= 0.6 is 0 Å². The van der Waals surface area contributed by atoms with Crippen molar-refractivity contribution < 1.29 is 19.5 Å². The molecule has 0 atom stereocenters. The number of hydrogen-bond acceptors (Lipinski definition) is 4. The van der Waals surface area contributed by atoms with Gasteiger partial charge in [0.05, 0.1) is 11.3 Å². The number of phenolic OH excluding ortho intramolecular Hbond substituents is 1. The number of halogens is 1. The minimum absolute atomic E-state index is 0.159. The lowest BCUT2D eigenvalue weighted by molar-refractivity contribution is 0.102. The second-order valence-corrected chi connectivity index (χ2v) is 4.38. The van der Waals surface area contributed by atoms with E-state index in [-0.39, 0.29) is 11.3 Å². The number of aromatic hydroxyl groups is 1. The zero-order valence-corrected chi connectivity index (χ0v) is 11.2. The van der Waals surface area contributed by atoms with E-state index >= 15 is 0 Å². The van der Waals surface area contributed by atoms with E-state index in [1.807, 2.05) is 0 Å². The molecule has 2 rings (SSSR count). The van der Waals surface area contributed by atoms with Crippen LogP contribution in [0.4, 0.5) is 10.1 Å². The van der Waals surface area contributed by atoms with Crippen molar-refractivity contribution >= 4 is 17.3 Å². The number of anilines is 1. The fraction of sp³-hybridized carbons (Fsp3) is 0.0667. The molecule has 108 valence electrons. The number of rotatable bonds is 3. The summed E-state index contributed by atoms with van der Waals surface area (Å²) in [5.41, 5.74) is 1.29. The Balaban J connectivity index is 2.26.